The Morgan fingerprint density at radius 2 is 2.21 bits per heavy atom. The Morgan fingerprint density at radius 1 is 1.37 bits per heavy atom. The largest absolute Gasteiger partial charge is 0.381 e. The topological polar surface area (TPSA) is 56.2 Å². The molecule has 1 unspecified atom stereocenters. The molecule has 0 bridgehead atoms. The normalized spacial score (nSPS) is 23.9. The summed E-state index contributed by atoms with van der Waals surface area (Å²) in [7, 11) is 1.90. The lowest BCUT2D eigenvalue weighted by molar-refractivity contribution is -0.120. The number of rotatable bonds is 3. The fourth-order valence-electron chi connectivity index (χ4n) is 2.66. The van der Waals surface area contributed by atoms with Crippen LogP contribution < -0.4 is 5.32 Å². The first-order chi connectivity index (χ1) is 9.24. The van der Waals surface area contributed by atoms with Crippen LogP contribution in [0.2, 0.25) is 0 Å². The van der Waals surface area contributed by atoms with Gasteiger partial charge in [0.05, 0.1) is 11.4 Å². The number of hydrogen-bond acceptors (Lipinski definition) is 3. The van der Waals surface area contributed by atoms with E-state index in [0.717, 1.165) is 37.3 Å². The molecule has 5 nitrogen and oxygen atoms in total. The van der Waals surface area contributed by atoms with Crippen LogP contribution in [-0.2, 0) is 16.6 Å². The molecule has 0 radical (unpaired) electrons. The van der Waals surface area contributed by atoms with Crippen LogP contribution >= 0.6 is 0 Å². The number of aromatic nitrogens is 2. The number of nitrogens with zero attached hydrogens (tertiary/aromatic N) is 2. The molecule has 2 fully saturated rings. The highest BCUT2D eigenvalue weighted by molar-refractivity contribution is 5.93. The van der Waals surface area contributed by atoms with E-state index < -0.39 is 0 Å². The third kappa shape index (κ3) is 2.97. The summed E-state index contributed by atoms with van der Waals surface area (Å²) in [6, 6.07) is 0. The summed E-state index contributed by atoms with van der Waals surface area (Å²) in [5.41, 5.74) is 1.96. The second-order valence-corrected chi connectivity index (χ2v) is 5.61. The number of aryl methyl sites for hydroxylation is 1. The molecule has 104 valence electrons. The lowest BCUT2D eigenvalue weighted by Crippen LogP contribution is -2.23. The van der Waals surface area contributed by atoms with Crippen molar-refractivity contribution >= 4 is 11.6 Å². The molecule has 1 saturated carbocycles. The van der Waals surface area contributed by atoms with Crippen LogP contribution in [0, 0.1) is 5.92 Å². The molecular weight excluding hydrogens is 242 g/mol. The molecule has 1 atom stereocenters. The molecule has 0 aromatic carbocycles. The Bertz CT molecular complexity index is 457. The van der Waals surface area contributed by atoms with E-state index in [1.807, 2.05) is 13.2 Å². The Balaban J connectivity index is 1.68. The molecule has 1 aromatic heterocycles. The van der Waals surface area contributed by atoms with Crippen molar-refractivity contribution in [3.8, 4) is 0 Å². The molecule has 3 rings (SSSR count). The van der Waals surface area contributed by atoms with E-state index in [1.54, 1.807) is 4.68 Å². The van der Waals surface area contributed by atoms with Crippen LogP contribution in [0.25, 0.3) is 0 Å². The van der Waals surface area contributed by atoms with E-state index in [0.29, 0.717) is 12.5 Å². The average molecular weight is 263 g/mol. The fourth-order valence-corrected chi connectivity index (χ4v) is 2.66. The van der Waals surface area contributed by atoms with E-state index in [1.165, 1.54) is 12.8 Å². The summed E-state index contributed by atoms with van der Waals surface area (Å²) >= 11 is 0. The summed E-state index contributed by atoms with van der Waals surface area (Å²) in [4.78, 5) is 12.3. The van der Waals surface area contributed by atoms with Gasteiger partial charge in [-0.25, -0.2) is 0 Å². The van der Waals surface area contributed by atoms with Crippen molar-refractivity contribution in [1.82, 2.24) is 9.78 Å². The summed E-state index contributed by atoms with van der Waals surface area (Å²) in [5.74, 6) is 0.754. The molecular formula is C14H21N3O2. The van der Waals surface area contributed by atoms with Crippen molar-refractivity contribution in [2.75, 3.05) is 18.5 Å². The van der Waals surface area contributed by atoms with E-state index in [2.05, 4.69) is 10.4 Å². The van der Waals surface area contributed by atoms with Gasteiger partial charge in [-0.05, 0) is 32.1 Å². The summed E-state index contributed by atoms with van der Waals surface area (Å²) in [6.45, 7) is 1.48. The summed E-state index contributed by atoms with van der Waals surface area (Å²) in [5, 5.41) is 7.54. The molecule has 0 spiro atoms. The second kappa shape index (κ2) is 5.33. The van der Waals surface area contributed by atoms with Crippen molar-refractivity contribution in [3.63, 3.8) is 0 Å². The Kier molecular flexibility index (Phi) is 3.55. The second-order valence-electron chi connectivity index (χ2n) is 5.61. The van der Waals surface area contributed by atoms with Crippen LogP contribution in [-0.4, -0.2) is 28.9 Å². The summed E-state index contributed by atoms with van der Waals surface area (Å²) in [6.07, 6.45) is 7.02. The highest BCUT2D eigenvalue weighted by Crippen LogP contribution is 2.42. The van der Waals surface area contributed by atoms with Gasteiger partial charge in [-0.15, -0.1) is 0 Å². The molecule has 2 aliphatic rings. The minimum atomic E-state index is 0.0785. The monoisotopic (exact) mass is 263 g/mol. The first-order valence-electron chi connectivity index (χ1n) is 7.16. The fraction of sp³-hybridized carbons (Fsp3) is 0.714. The highest BCUT2D eigenvalue weighted by atomic mass is 16.5. The number of anilines is 1. The molecule has 1 amide bonds. The minimum Gasteiger partial charge on any atom is -0.381 e. The first-order valence-corrected chi connectivity index (χ1v) is 7.16. The van der Waals surface area contributed by atoms with Crippen LogP contribution in [0.15, 0.2) is 6.20 Å². The van der Waals surface area contributed by atoms with Gasteiger partial charge in [0.25, 0.3) is 0 Å². The number of amides is 1. The maximum atomic E-state index is 12.3. The van der Waals surface area contributed by atoms with Crippen molar-refractivity contribution in [1.29, 1.82) is 0 Å². The van der Waals surface area contributed by atoms with Crippen molar-refractivity contribution in [2.24, 2.45) is 13.0 Å². The summed E-state index contributed by atoms with van der Waals surface area (Å²) < 4.78 is 7.20. The van der Waals surface area contributed by atoms with Crippen molar-refractivity contribution in [3.05, 3.63) is 11.9 Å². The van der Waals surface area contributed by atoms with Gasteiger partial charge in [-0.1, -0.05) is 0 Å². The van der Waals surface area contributed by atoms with Gasteiger partial charge in [-0.2, -0.15) is 5.10 Å². The van der Waals surface area contributed by atoms with Gasteiger partial charge < -0.3 is 10.1 Å². The van der Waals surface area contributed by atoms with E-state index in [4.69, 9.17) is 4.74 Å². The molecule has 19 heavy (non-hydrogen) atoms. The van der Waals surface area contributed by atoms with Crippen LogP contribution in [0.4, 0.5) is 5.69 Å². The van der Waals surface area contributed by atoms with Gasteiger partial charge >= 0.3 is 0 Å². The Hall–Kier alpha value is -1.36. The molecule has 1 aromatic rings. The third-order valence-electron chi connectivity index (χ3n) is 3.90. The quantitative estimate of drug-likeness (QED) is 0.908. The Morgan fingerprint density at radius 3 is 3.00 bits per heavy atom. The third-order valence-corrected chi connectivity index (χ3v) is 3.90. The smallest absolute Gasteiger partial charge is 0.227 e. The van der Waals surface area contributed by atoms with Crippen molar-refractivity contribution in [2.45, 2.75) is 38.0 Å². The molecule has 2 heterocycles. The van der Waals surface area contributed by atoms with E-state index in [-0.39, 0.29) is 11.8 Å². The number of hydrogen-bond donors (Lipinski definition) is 1. The molecule has 1 aliphatic heterocycles. The van der Waals surface area contributed by atoms with E-state index in [9.17, 15) is 4.79 Å². The predicted octanol–water partition coefficient (Wildman–Crippen LogP) is 2.05. The number of ether oxygens (including phenoxy) is 1. The van der Waals surface area contributed by atoms with Crippen LogP contribution in [0.3, 0.4) is 0 Å². The predicted molar refractivity (Wildman–Crippen MR) is 72.0 cm³/mol. The first kappa shape index (κ1) is 12.7. The lowest BCUT2D eigenvalue weighted by atomic mass is 10.00. The van der Waals surface area contributed by atoms with Crippen molar-refractivity contribution < 1.29 is 9.53 Å². The van der Waals surface area contributed by atoms with Gasteiger partial charge in [0.2, 0.25) is 5.91 Å². The molecule has 1 N–H and O–H groups in total. The SMILES string of the molecule is Cn1cc(NC(=O)C2CCCOCC2)c(C2CC2)n1. The molecule has 5 heteroatoms. The van der Waals surface area contributed by atoms with Gasteiger partial charge in [-0.3, -0.25) is 9.48 Å². The van der Waals surface area contributed by atoms with Crippen LogP contribution in [0.5, 0.6) is 0 Å². The highest BCUT2D eigenvalue weighted by Gasteiger charge is 2.30. The zero-order chi connectivity index (χ0) is 13.2. The standard InChI is InChI=1S/C14H21N3O2/c1-17-9-12(13(16-17)10-4-5-10)15-14(18)11-3-2-7-19-8-6-11/h9-11H,2-8H2,1H3,(H,15,18). The minimum absolute atomic E-state index is 0.0785. The van der Waals surface area contributed by atoms with Gasteiger partial charge in [0, 0.05) is 38.3 Å². The van der Waals surface area contributed by atoms with E-state index >= 15 is 0 Å². The van der Waals surface area contributed by atoms with Crippen LogP contribution in [0.1, 0.15) is 43.7 Å². The molecule has 1 aliphatic carbocycles. The zero-order valence-electron chi connectivity index (χ0n) is 11.4. The maximum Gasteiger partial charge on any atom is 0.227 e. The maximum absolute atomic E-state index is 12.3. The number of carbonyl (C=O) groups excluding carboxylic acids is 1. The van der Waals surface area contributed by atoms with Gasteiger partial charge in [0.15, 0.2) is 0 Å². The number of nitrogens with one attached hydrogen (secondary N) is 1. The van der Waals surface area contributed by atoms with Gasteiger partial charge in [0.1, 0.15) is 0 Å². The zero-order valence-corrected chi connectivity index (χ0v) is 11.4. The Labute approximate surface area is 113 Å². The molecule has 1 saturated heterocycles. The lowest BCUT2D eigenvalue weighted by Gasteiger charge is -2.13. The average Bonchev–Trinajstić information content (AvgIpc) is 3.19. The number of carbonyl (C=O) groups is 1.